The third-order valence-corrected chi connectivity index (χ3v) is 9.15. The van der Waals surface area contributed by atoms with Crippen LogP contribution in [0.1, 0.15) is 42.5 Å². The van der Waals surface area contributed by atoms with E-state index in [0.29, 0.717) is 53.9 Å². The van der Waals surface area contributed by atoms with E-state index in [1.54, 1.807) is 46.8 Å². The van der Waals surface area contributed by atoms with E-state index < -0.39 is 10.0 Å². The Labute approximate surface area is 213 Å². The number of nitrogen functional groups attached to an aromatic ring is 1. The van der Waals surface area contributed by atoms with E-state index in [2.05, 4.69) is 10.2 Å². The van der Waals surface area contributed by atoms with Gasteiger partial charge in [-0.2, -0.15) is 4.31 Å². The van der Waals surface area contributed by atoms with Gasteiger partial charge in [-0.05, 0) is 37.1 Å². The Kier molecular flexibility index (Phi) is 8.87. The monoisotopic (exact) mass is 526 g/mol. The topological polar surface area (TPSA) is 95.7 Å². The molecular weight excluding hydrogens is 495 g/mol. The highest BCUT2D eigenvalue weighted by Crippen LogP contribution is 2.35. The molecule has 0 bridgehead atoms. The summed E-state index contributed by atoms with van der Waals surface area (Å²) in [6.45, 7) is 2.63. The first-order valence-corrected chi connectivity index (χ1v) is 13.3. The number of halogens is 2. The van der Waals surface area contributed by atoms with Gasteiger partial charge in [0.1, 0.15) is 0 Å². The van der Waals surface area contributed by atoms with E-state index in [1.807, 2.05) is 6.07 Å². The first kappa shape index (κ1) is 26.8. The van der Waals surface area contributed by atoms with E-state index >= 15 is 0 Å². The Bertz CT molecular complexity index is 1060. The normalized spacial score (nSPS) is 19.2. The quantitative estimate of drug-likeness (QED) is 0.558. The zero-order valence-corrected chi connectivity index (χ0v) is 21.5. The van der Waals surface area contributed by atoms with Gasteiger partial charge in [0.05, 0.1) is 15.5 Å². The molecule has 2 aliphatic rings. The van der Waals surface area contributed by atoms with Gasteiger partial charge < -0.3 is 11.1 Å². The van der Waals surface area contributed by atoms with Crippen molar-refractivity contribution >= 4 is 45.6 Å². The average Bonchev–Trinajstić information content (AvgIpc) is 2.84. The Balaban J connectivity index is 0.00000324. The number of nitrogens with zero attached hydrogens (tertiary/aromatic N) is 2. The highest BCUT2D eigenvalue weighted by atomic mass is 35.5. The van der Waals surface area contributed by atoms with Crippen molar-refractivity contribution in [2.75, 3.05) is 38.5 Å². The lowest BCUT2D eigenvalue weighted by Crippen LogP contribution is -2.62. The minimum absolute atomic E-state index is 0. The standard InChI is InChI=1S/C24H31ClN4O3S.ClH/c25-20-10-7-11-21(26)22(20)23(30)27-18-24(12-5-2-6-13-24)28-14-16-29(17-15-28)33(31,32)19-8-3-1-4-9-19;/h1,3-4,7-11H,2,5-6,12-18,26H2,(H,27,30);1H. The summed E-state index contributed by atoms with van der Waals surface area (Å²) in [4.78, 5) is 15.6. The van der Waals surface area contributed by atoms with Gasteiger partial charge in [0, 0.05) is 44.0 Å². The molecule has 0 radical (unpaired) electrons. The molecule has 1 saturated heterocycles. The van der Waals surface area contributed by atoms with Crippen molar-refractivity contribution in [2.24, 2.45) is 0 Å². The number of rotatable bonds is 6. The molecular formula is C24H32Cl2N4O3S. The molecule has 3 N–H and O–H groups in total. The molecule has 2 fully saturated rings. The van der Waals surface area contributed by atoms with Crippen molar-refractivity contribution in [3.8, 4) is 0 Å². The van der Waals surface area contributed by atoms with E-state index in [0.717, 1.165) is 25.7 Å². The second-order valence-electron chi connectivity index (χ2n) is 8.88. The molecule has 0 spiro atoms. The van der Waals surface area contributed by atoms with Crippen molar-refractivity contribution < 1.29 is 13.2 Å². The largest absolute Gasteiger partial charge is 0.398 e. The van der Waals surface area contributed by atoms with Crippen LogP contribution in [0, 0.1) is 0 Å². The summed E-state index contributed by atoms with van der Waals surface area (Å²) >= 11 is 6.22. The van der Waals surface area contributed by atoms with Gasteiger partial charge in [-0.3, -0.25) is 9.69 Å². The number of carbonyl (C=O) groups is 1. The van der Waals surface area contributed by atoms with Crippen molar-refractivity contribution in [3.63, 3.8) is 0 Å². The maximum atomic E-state index is 13.0. The average molecular weight is 528 g/mol. The molecule has 186 valence electrons. The zero-order valence-electron chi connectivity index (χ0n) is 19.1. The molecule has 1 aliphatic carbocycles. The summed E-state index contributed by atoms with van der Waals surface area (Å²) in [5.41, 5.74) is 6.47. The number of hydrogen-bond acceptors (Lipinski definition) is 5. The molecule has 34 heavy (non-hydrogen) atoms. The number of nitrogens with one attached hydrogen (secondary N) is 1. The third-order valence-electron chi connectivity index (χ3n) is 6.93. The molecule has 0 aromatic heterocycles. The Hall–Kier alpha value is -1.84. The van der Waals surface area contributed by atoms with E-state index in [-0.39, 0.29) is 23.9 Å². The van der Waals surface area contributed by atoms with Gasteiger partial charge >= 0.3 is 0 Å². The number of hydrogen-bond donors (Lipinski definition) is 2. The zero-order chi connectivity index (χ0) is 23.5. The molecule has 4 rings (SSSR count). The molecule has 0 atom stereocenters. The van der Waals surface area contributed by atoms with Crippen LogP contribution in [0.5, 0.6) is 0 Å². The highest BCUT2D eigenvalue weighted by molar-refractivity contribution is 7.89. The maximum Gasteiger partial charge on any atom is 0.254 e. The minimum Gasteiger partial charge on any atom is -0.398 e. The molecule has 10 heteroatoms. The molecule has 7 nitrogen and oxygen atoms in total. The summed E-state index contributed by atoms with van der Waals surface area (Å²) in [6, 6.07) is 13.6. The van der Waals surface area contributed by atoms with E-state index in [1.165, 1.54) is 6.42 Å². The van der Waals surface area contributed by atoms with Crippen LogP contribution in [-0.2, 0) is 10.0 Å². The Morgan fingerprint density at radius 1 is 0.971 bits per heavy atom. The van der Waals surface area contributed by atoms with Gasteiger partial charge in [0.2, 0.25) is 10.0 Å². The van der Waals surface area contributed by atoms with Gasteiger partial charge in [0.15, 0.2) is 0 Å². The Morgan fingerprint density at radius 3 is 2.24 bits per heavy atom. The van der Waals surface area contributed by atoms with Gasteiger partial charge in [-0.15, -0.1) is 12.4 Å². The molecule has 2 aromatic rings. The number of sulfonamides is 1. The fourth-order valence-corrected chi connectivity index (χ4v) is 6.78. The van der Waals surface area contributed by atoms with Gasteiger partial charge in [0.25, 0.3) is 5.91 Å². The Morgan fingerprint density at radius 2 is 1.62 bits per heavy atom. The molecule has 1 heterocycles. The molecule has 1 aliphatic heterocycles. The van der Waals surface area contributed by atoms with Crippen LogP contribution in [0.15, 0.2) is 53.4 Å². The lowest BCUT2D eigenvalue weighted by Gasteiger charge is -2.49. The van der Waals surface area contributed by atoms with Gasteiger partial charge in [-0.25, -0.2) is 8.42 Å². The fraction of sp³-hybridized carbons (Fsp3) is 0.458. The maximum absolute atomic E-state index is 13.0. The van der Waals surface area contributed by atoms with E-state index in [9.17, 15) is 13.2 Å². The lowest BCUT2D eigenvalue weighted by molar-refractivity contribution is 0.0240. The van der Waals surface area contributed by atoms with Crippen LogP contribution < -0.4 is 11.1 Å². The number of piperazine rings is 1. The third kappa shape index (κ3) is 5.52. The number of amides is 1. The smallest absolute Gasteiger partial charge is 0.254 e. The van der Waals surface area contributed by atoms with Crippen molar-refractivity contribution in [2.45, 2.75) is 42.5 Å². The summed E-state index contributed by atoms with van der Waals surface area (Å²) in [7, 11) is -3.50. The summed E-state index contributed by atoms with van der Waals surface area (Å²) in [6.07, 6.45) is 5.29. The summed E-state index contributed by atoms with van der Waals surface area (Å²) in [5, 5.41) is 3.42. The molecule has 1 amide bonds. The summed E-state index contributed by atoms with van der Waals surface area (Å²) < 4.78 is 27.6. The van der Waals surface area contributed by atoms with Crippen LogP contribution in [0.2, 0.25) is 5.02 Å². The lowest BCUT2D eigenvalue weighted by atomic mass is 9.79. The predicted molar refractivity (Wildman–Crippen MR) is 138 cm³/mol. The van der Waals surface area contributed by atoms with Crippen molar-refractivity contribution in [1.82, 2.24) is 14.5 Å². The first-order valence-electron chi connectivity index (χ1n) is 11.5. The van der Waals surface area contributed by atoms with E-state index in [4.69, 9.17) is 17.3 Å². The van der Waals surface area contributed by atoms with Crippen LogP contribution >= 0.6 is 24.0 Å². The first-order chi connectivity index (χ1) is 15.8. The van der Waals surface area contributed by atoms with Crippen LogP contribution in [-0.4, -0.2) is 61.8 Å². The summed E-state index contributed by atoms with van der Waals surface area (Å²) in [5.74, 6) is -0.270. The SMILES string of the molecule is Cl.Nc1cccc(Cl)c1C(=O)NCC1(N2CCN(S(=O)(=O)c3ccccc3)CC2)CCCCC1. The number of carbonyl (C=O) groups excluding carboxylic acids is 1. The van der Waals surface area contributed by atoms with Crippen molar-refractivity contribution in [1.29, 1.82) is 0 Å². The molecule has 2 aromatic carbocycles. The minimum atomic E-state index is -3.50. The number of nitrogens with two attached hydrogens (primary N) is 1. The number of benzene rings is 2. The fourth-order valence-electron chi connectivity index (χ4n) is 5.07. The van der Waals surface area contributed by atoms with Gasteiger partial charge in [-0.1, -0.05) is 55.1 Å². The number of anilines is 1. The predicted octanol–water partition coefficient (Wildman–Crippen LogP) is 3.78. The van der Waals surface area contributed by atoms with Crippen LogP contribution in [0.3, 0.4) is 0 Å². The second kappa shape index (κ2) is 11.3. The highest BCUT2D eigenvalue weighted by Gasteiger charge is 2.41. The van der Waals surface area contributed by atoms with Crippen LogP contribution in [0.25, 0.3) is 0 Å². The molecule has 1 saturated carbocycles. The second-order valence-corrected chi connectivity index (χ2v) is 11.2. The molecule has 0 unspecified atom stereocenters. The van der Waals surface area contributed by atoms with Crippen LogP contribution in [0.4, 0.5) is 5.69 Å². The van der Waals surface area contributed by atoms with Crippen molar-refractivity contribution in [3.05, 3.63) is 59.1 Å².